The third kappa shape index (κ3) is 6.43. The zero-order chi connectivity index (χ0) is 29.4. The number of carbonyl (C=O) groups is 2. The lowest BCUT2D eigenvalue weighted by atomic mass is 10.0. The van der Waals surface area contributed by atoms with Gasteiger partial charge in [0.2, 0.25) is 0 Å². The molecule has 9 nitrogen and oxygen atoms in total. The molecule has 1 aliphatic rings. The summed E-state index contributed by atoms with van der Waals surface area (Å²) in [6, 6.07) is 18.9. The monoisotopic (exact) mass is 574 g/mol. The molecule has 0 radical (unpaired) electrons. The van der Waals surface area contributed by atoms with Gasteiger partial charge in [-0.2, -0.15) is 0 Å². The zero-order valence-electron chi connectivity index (χ0n) is 23.6. The zero-order valence-corrected chi connectivity index (χ0v) is 24.4. The number of ether oxygens (including phenoxy) is 1. The van der Waals surface area contributed by atoms with Crippen molar-refractivity contribution in [3.8, 4) is 11.4 Å². The predicted octanol–water partition coefficient (Wildman–Crippen LogP) is 5.85. The minimum atomic E-state index is -3.79. The van der Waals surface area contributed by atoms with Gasteiger partial charge in [-0.05, 0) is 70.4 Å². The molecular weight excluding hydrogens is 540 g/mol. The maximum absolute atomic E-state index is 13.1. The van der Waals surface area contributed by atoms with E-state index in [1.54, 1.807) is 41.3 Å². The van der Waals surface area contributed by atoms with Gasteiger partial charge in [-0.25, -0.2) is 18.2 Å². The number of Topliss-reactive ketones (excluding diaryl/α,β-unsaturated/α-hetero) is 1. The van der Waals surface area contributed by atoms with Crippen LogP contribution < -0.4 is 4.72 Å². The number of para-hydroxylation sites is 1. The Balaban J connectivity index is 1.30. The van der Waals surface area contributed by atoms with E-state index in [2.05, 4.69) is 14.7 Å². The average molecular weight is 575 g/mol. The number of hydrogen-bond acceptors (Lipinski definition) is 6. The molecule has 4 aromatic rings. The van der Waals surface area contributed by atoms with E-state index in [4.69, 9.17) is 4.74 Å². The first kappa shape index (κ1) is 28.4. The number of fused-ring (bicyclic) bond motifs is 1. The molecule has 1 saturated heterocycles. The molecule has 1 atom stereocenters. The van der Waals surface area contributed by atoms with E-state index in [0.717, 1.165) is 23.1 Å². The number of likely N-dealkylation sites (tertiary alicyclic amines) is 1. The first-order valence-corrected chi connectivity index (χ1v) is 15.1. The van der Waals surface area contributed by atoms with Crippen molar-refractivity contribution in [2.75, 3.05) is 11.3 Å². The Hall–Kier alpha value is -4.18. The van der Waals surface area contributed by atoms with E-state index >= 15 is 0 Å². The summed E-state index contributed by atoms with van der Waals surface area (Å²) in [5.41, 5.74) is 3.54. The van der Waals surface area contributed by atoms with Crippen LogP contribution in [-0.2, 0) is 26.0 Å². The Morgan fingerprint density at radius 3 is 2.44 bits per heavy atom. The number of hydrogen-bond donors (Lipinski definition) is 2. The number of aromatic nitrogens is 2. The van der Waals surface area contributed by atoms with E-state index in [1.807, 2.05) is 58.0 Å². The number of ketones is 1. The summed E-state index contributed by atoms with van der Waals surface area (Å²) in [5, 5.41) is 0. The number of aryl methyl sites for hydroxylation is 1. The predicted molar refractivity (Wildman–Crippen MR) is 158 cm³/mol. The Bertz CT molecular complexity index is 1690. The van der Waals surface area contributed by atoms with Crippen LogP contribution in [0, 0.1) is 6.92 Å². The van der Waals surface area contributed by atoms with Crippen molar-refractivity contribution in [2.45, 2.75) is 63.5 Å². The third-order valence-corrected chi connectivity index (χ3v) is 8.33. The normalized spacial score (nSPS) is 15.7. The fourth-order valence-electron chi connectivity index (χ4n) is 4.91. The molecule has 5 rings (SSSR count). The summed E-state index contributed by atoms with van der Waals surface area (Å²) in [4.78, 5) is 35.4. The molecule has 0 bridgehead atoms. The standard InChI is InChI=1S/C31H34N4O5S/c1-20-10-16-23(17-11-20)41(38,39)34-25-8-5-7-24-28(25)33-29(32-24)22-14-12-21(13-15-22)19-27(36)26-9-6-18-35(26)30(37)40-31(2,3)4/h5,7-8,10-17,26,34H,6,9,18-19H2,1-4H3,(H,32,33)/t26-/m0/s1. The SMILES string of the molecule is Cc1ccc(S(=O)(=O)Nc2cccc3[nH]c(-c4ccc(CC(=O)[C@@H]5CCCN5C(=O)OC(C)(C)C)cc4)nc23)cc1. The van der Waals surface area contributed by atoms with E-state index in [0.29, 0.717) is 35.5 Å². The number of aromatic amines is 1. The number of H-pyrrole nitrogens is 1. The van der Waals surface area contributed by atoms with E-state index in [9.17, 15) is 18.0 Å². The number of rotatable bonds is 7. The van der Waals surface area contributed by atoms with Crippen molar-refractivity contribution < 1.29 is 22.7 Å². The Morgan fingerprint density at radius 1 is 1.05 bits per heavy atom. The first-order valence-electron chi connectivity index (χ1n) is 13.6. The minimum absolute atomic E-state index is 0.0182. The highest BCUT2D eigenvalue weighted by Crippen LogP contribution is 2.28. The fourth-order valence-corrected chi connectivity index (χ4v) is 5.98. The Kier molecular flexibility index (Phi) is 7.61. The molecule has 10 heteroatoms. The molecule has 1 amide bonds. The van der Waals surface area contributed by atoms with Crippen LogP contribution in [0.5, 0.6) is 0 Å². The first-order chi connectivity index (χ1) is 19.4. The molecule has 0 aliphatic carbocycles. The summed E-state index contributed by atoms with van der Waals surface area (Å²) in [7, 11) is -3.79. The molecule has 1 aromatic heterocycles. The molecule has 1 aliphatic heterocycles. The van der Waals surface area contributed by atoms with E-state index in [-0.39, 0.29) is 17.1 Å². The van der Waals surface area contributed by atoms with Crippen LogP contribution in [-0.4, -0.2) is 53.3 Å². The van der Waals surface area contributed by atoms with E-state index in [1.165, 1.54) is 0 Å². The largest absolute Gasteiger partial charge is 0.444 e. The molecule has 0 unspecified atom stereocenters. The fraction of sp³-hybridized carbons (Fsp3) is 0.323. The molecule has 0 spiro atoms. The summed E-state index contributed by atoms with van der Waals surface area (Å²) in [5.74, 6) is 0.558. The van der Waals surface area contributed by atoms with Gasteiger partial charge in [0, 0.05) is 18.5 Å². The molecular formula is C31H34N4O5S. The van der Waals surface area contributed by atoms with Crippen molar-refractivity contribution >= 4 is 38.6 Å². The quantitative estimate of drug-likeness (QED) is 0.286. The van der Waals surface area contributed by atoms with Gasteiger partial charge in [0.15, 0.2) is 5.78 Å². The maximum atomic E-state index is 13.1. The van der Waals surface area contributed by atoms with Crippen LogP contribution in [0.1, 0.15) is 44.7 Å². The molecule has 214 valence electrons. The van der Waals surface area contributed by atoms with Gasteiger partial charge in [-0.15, -0.1) is 0 Å². The Labute approximate surface area is 240 Å². The summed E-state index contributed by atoms with van der Waals surface area (Å²) in [6.45, 7) is 7.85. The van der Waals surface area contributed by atoms with Gasteiger partial charge in [0.05, 0.1) is 22.1 Å². The molecule has 1 fully saturated rings. The van der Waals surface area contributed by atoms with Gasteiger partial charge in [0.1, 0.15) is 16.9 Å². The highest BCUT2D eigenvalue weighted by Gasteiger charge is 2.36. The molecule has 0 saturated carbocycles. The number of carbonyl (C=O) groups excluding carboxylic acids is 2. The lowest BCUT2D eigenvalue weighted by Gasteiger charge is -2.28. The van der Waals surface area contributed by atoms with Crippen molar-refractivity contribution in [1.29, 1.82) is 0 Å². The number of sulfonamides is 1. The van der Waals surface area contributed by atoms with Crippen molar-refractivity contribution in [2.24, 2.45) is 0 Å². The van der Waals surface area contributed by atoms with Gasteiger partial charge in [-0.3, -0.25) is 14.4 Å². The molecule has 3 aromatic carbocycles. The lowest BCUT2D eigenvalue weighted by molar-refractivity contribution is -0.122. The topological polar surface area (TPSA) is 121 Å². The van der Waals surface area contributed by atoms with Crippen LogP contribution in [0.2, 0.25) is 0 Å². The Morgan fingerprint density at radius 2 is 1.76 bits per heavy atom. The van der Waals surface area contributed by atoms with E-state index < -0.39 is 27.8 Å². The van der Waals surface area contributed by atoms with Crippen LogP contribution in [0.4, 0.5) is 10.5 Å². The van der Waals surface area contributed by atoms with Crippen LogP contribution >= 0.6 is 0 Å². The second kappa shape index (κ2) is 11.0. The van der Waals surface area contributed by atoms with Gasteiger partial charge in [-0.1, -0.05) is 48.0 Å². The van der Waals surface area contributed by atoms with Crippen molar-refractivity contribution in [3.63, 3.8) is 0 Å². The van der Waals surface area contributed by atoms with Crippen molar-refractivity contribution in [1.82, 2.24) is 14.9 Å². The van der Waals surface area contributed by atoms with Crippen LogP contribution in [0.15, 0.2) is 71.6 Å². The van der Waals surface area contributed by atoms with Crippen LogP contribution in [0.25, 0.3) is 22.4 Å². The smallest absolute Gasteiger partial charge is 0.410 e. The number of anilines is 1. The highest BCUT2D eigenvalue weighted by molar-refractivity contribution is 7.92. The van der Waals surface area contributed by atoms with Crippen LogP contribution in [0.3, 0.4) is 0 Å². The highest BCUT2D eigenvalue weighted by atomic mass is 32.2. The maximum Gasteiger partial charge on any atom is 0.410 e. The van der Waals surface area contributed by atoms with Gasteiger partial charge in [0.25, 0.3) is 10.0 Å². The number of imidazole rings is 1. The molecule has 2 heterocycles. The van der Waals surface area contributed by atoms with Gasteiger partial charge >= 0.3 is 6.09 Å². The summed E-state index contributed by atoms with van der Waals surface area (Å²) < 4.78 is 34.1. The molecule has 41 heavy (non-hydrogen) atoms. The number of nitrogens with one attached hydrogen (secondary N) is 2. The lowest BCUT2D eigenvalue weighted by Crippen LogP contribution is -2.43. The minimum Gasteiger partial charge on any atom is -0.444 e. The summed E-state index contributed by atoms with van der Waals surface area (Å²) in [6.07, 6.45) is 1.15. The van der Waals surface area contributed by atoms with Crippen molar-refractivity contribution in [3.05, 3.63) is 77.9 Å². The third-order valence-electron chi connectivity index (χ3n) is 6.95. The second-order valence-electron chi connectivity index (χ2n) is 11.4. The van der Waals surface area contributed by atoms with Gasteiger partial charge < -0.3 is 9.72 Å². The second-order valence-corrected chi connectivity index (χ2v) is 13.1. The molecule has 2 N–H and O–H groups in total. The number of amides is 1. The summed E-state index contributed by atoms with van der Waals surface area (Å²) >= 11 is 0. The number of benzene rings is 3. The average Bonchev–Trinajstić information content (AvgIpc) is 3.57. The number of nitrogens with zero attached hydrogens (tertiary/aromatic N) is 2.